The number of imide groups is 1. The Kier molecular flexibility index (Phi) is 7.00. The van der Waals surface area contributed by atoms with E-state index < -0.39 is 17.9 Å². The molecule has 0 saturated heterocycles. The van der Waals surface area contributed by atoms with Crippen LogP contribution >= 0.6 is 0 Å². The van der Waals surface area contributed by atoms with Gasteiger partial charge in [0.1, 0.15) is 11.5 Å². The summed E-state index contributed by atoms with van der Waals surface area (Å²) in [6, 6.07) is 5.20. The van der Waals surface area contributed by atoms with Crippen molar-refractivity contribution in [3.63, 3.8) is 0 Å². The third-order valence-electron chi connectivity index (χ3n) is 5.54. The minimum Gasteiger partial charge on any atom is -0.426 e. The van der Waals surface area contributed by atoms with Gasteiger partial charge in [-0.15, -0.1) is 0 Å². The topological polar surface area (TPSA) is 131 Å². The summed E-state index contributed by atoms with van der Waals surface area (Å²) in [4.78, 5) is 54.0. The Morgan fingerprint density at radius 3 is 2.71 bits per heavy atom. The van der Waals surface area contributed by atoms with Crippen molar-refractivity contribution in [1.29, 1.82) is 0 Å². The van der Waals surface area contributed by atoms with Gasteiger partial charge >= 0.3 is 6.09 Å². The number of allylic oxidation sites excluding steroid dienone is 2. The molecule has 35 heavy (non-hydrogen) atoms. The minimum atomic E-state index is -0.871. The van der Waals surface area contributed by atoms with Gasteiger partial charge in [-0.05, 0) is 62.1 Å². The van der Waals surface area contributed by atoms with Crippen molar-refractivity contribution in [1.82, 2.24) is 9.97 Å². The van der Waals surface area contributed by atoms with E-state index in [1.807, 2.05) is 18.7 Å². The van der Waals surface area contributed by atoms with Crippen molar-refractivity contribution in [2.24, 2.45) is 10.7 Å². The minimum absolute atomic E-state index is 0.156. The summed E-state index contributed by atoms with van der Waals surface area (Å²) in [5.41, 5.74) is 7.03. The highest BCUT2D eigenvalue weighted by Gasteiger charge is 2.42. The van der Waals surface area contributed by atoms with Gasteiger partial charge in [0, 0.05) is 30.2 Å². The van der Waals surface area contributed by atoms with Crippen molar-refractivity contribution in [3.8, 4) is 0 Å². The van der Waals surface area contributed by atoms with Crippen molar-refractivity contribution < 1.29 is 19.1 Å². The molecule has 1 saturated carbocycles. The van der Waals surface area contributed by atoms with Crippen LogP contribution < -0.4 is 15.5 Å². The lowest BCUT2D eigenvalue weighted by molar-refractivity contribution is -0.114. The van der Waals surface area contributed by atoms with Crippen LogP contribution in [0.4, 0.5) is 22.1 Å². The lowest BCUT2D eigenvalue weighted by atomic mass is 10.2. The highest BCUT2D eigenvalue weighted by atomic mass is 16.6. The molecule has 2 N–H and O–H groups in total. The van der Waals surface area contributed by atoms with Crippen molar-refractivity contribution in [2.45, 2.75) is 39.2 Å². The summed E-state index contributed by atoms with van der Waals surface area (Å²) in [5.74, 6) is -0.120. The Morgan fingerprint density at radius 2 is 2.00 bits per heavy atom. The predicted molar refractivity (Wildman–Crippen MR) is 132 cm³/mol. The van der Waals surface area contributed by atoms with E-state index in [0.717, 1.165) is 17.7 Å². The molecule has 0 radical (unpaired) electrons. The number of amides is 3. The normalized spacial score (nSPS) is 15.8. The van der Waals surface area contributed by atoms with Gasteiger partial charge in [-0.3, -0.25) is 14.6 Å². The second-order valence-electron chi connectivity index (χ2n) is 8.08. The van der Waals surface area contributed by atoms with Crippen molar-refractivity contribution in [3.05, 3.63) is 65.5 Å². The fourth-order valence-electron chi connectivity index (χ4n) is 3.80. The monoisotopic (exact) mass is 474 g/mol. The number of aryl methyl sites for hydroxylation is 1. The highest BCUT2D eigenvalue weighted by molar-refractivity contribution is 6.24. The van der Waals surface area contributed by atoms with Crippen LogP contribution in [0.25, 0.3) is 0 Å². The smallest absolute Gasteiger partial charge is 0.423 e. The number of hydrogen-bond acceptors (Lipinski definition) is 8. The van der Waals surface area contributed by atoms with Crippen LogP contribution in [0, 0.1) is 6.92 Å². The summed E-state index contributed by atoms with van der Waals surface area (Å²) in [5, 5.41) is 0. The molecule has 1 fully saturated rings. The fraction of sp³-hybridized carbons (Fsp3) is 0.280. The number of pyridine rings is 2. The van der Waals surface area contributed by atoms with Gasteiger partial charge < -0.3 is 15.4 Å². The van der Waals surface area contributed by atoms with Gasteiger partial charge in [0.15, 0.2) is 12.5 Å². The van der Waals surface area contributed by atoms with Gasteiger partial charge in [0.2, 0.25) is 5.91 Å². The summed E-state index contributed by atoms with van der Waals surface area (Å²) < 4.78 is 5.31. The molecule has 2 aromatic heterocycles. The Morgan fingerprint density at radius 1 is 1.23 bits per heavy atom. The number of anilines is 3. The molecule has 10 nitrogen and oxygen atoms in total. The standard InChI is InChI=1S/C25H26N6O4/c1-3-6-17(21(26)32)7-4-12-27-15-35-25(34)31-20-16(2)11-14-29-23(20)30(18-9-10-18)22-19(24(31)33)8-5-13-28-22/h4-8,11-14,18H,3,9-10,15H2,1-2H3,(H2,26,32)/b7-4-,17-6+,27-12+. The van der Waals surface area contributed by atoms with Crippen LogP contribution in [0.15, 0.2) is 59.4 Å². The van der Waals surface area contributed by atoms with E-state index >= 15 is 0 Å². The summed E-state index contributed by atoms with van der Waals surface area (Å²) >= 11 is 0. The molecule has 0 bridgehead atoms. The van der Waals surface area contributed by atoms with Crippen LogP contribution in [0.5, 0.6) is 0 Å². The molecule has 0 unspecified atom stereocenters. The van der Waals surface area contributed by atoms with Crippen LogP contribution in [0.3, 0.4) is 0 Å². The van der Waals surface area contributed by atoms with Gasteiger partial charge in [-0.2, -0.15) is 0 Å². The quantitative estimate of drug-likeness (QED) is 0.368. The first-order valence-electron chi connectivity index (χ1n) is 11.3. The molecule has 3 heterocycles. The fourth-order valence-corrected chi connectivity index (χ4v) is 3.80. The maximum Gasteiger partial charge on any atom is 0.423 e. The Labute approximate surface area is 202 Å². The summed E-state index contributed by atoms with van der Waals surface area (Å²) in [6.07, 6.45) is 11.1. The van der Waals surface area contributed by atoms with E-state index in [1.54, 1.807) is 36.7 Å². The van der Waals surface area contributed by atoms with Crippen molar-refractivity contribution in [2.75, 3.05) is 16.5 Å². The van der Waals surface area contributed by atoms with E-state index in [-0.39, 0.29) is 12.8 Å². The third kappa shape index (κ3) is 4.96. The Hall–Kier alpha value is -4.34. The predicted octanol–water partition coefficient (Wildman–Crippen LogP) is 3.59. The number of nitrogens with zero attached hydrogens (tertiary/aromatic N) is 5. The lowest BCUT2D eigenvalue weighted by Crippen LogP contribution is -2.37. The number of carbonyl (C=O) groups excluding carboxylic acids is 3. The number of aromatic nitrogens is 2. The van der Waals surface area contributed by atoms with Gasteiger partial charge in [-0.25, -0.2) is 19.7 Å². The molecule has 2 aromatic rings. The Bertz CT molecular complexity index is 1250. The maximum absolute atomic E-state index is 13.5. The number of aliphatic imine (C=N–C) groups is 1. The third-order valence-corrected chi connectivity index (χ3v) is 5.54. The first kappa shape index (κ1) is 23.8. The zero-order valence-electron chi connectivity index (χ0n) is 19.5. The molecular formula is C25H26N6O4. The zero-order chi connectivity index (χ0) is 24.9. The second kappa shape index (κ2) is 10.3. The zero-order valence-corrected chi connectivity index (χ0v) is 19.5. The number of ether oxygens (including phenoxy) is 1. The number of rotatable bonds is 7. The van der Waals surface area contributed by atoms with Crippen LogP contribution in [0.1, 0.15) is 42.1 Å². The van der Waals surface area contributed by atoms with Crippen LogP contribution in [0.2, 0.25) is 0 Å². The van der Waals surface area contributed by atoms with E-state index in [1.165, 1.54) is 18.4 Å². The number of hydrogen-bond donors (Lipinski definition) is 1. The molecule has 0 atom stereocenters. The van der Waals surface area contributed by atoms with Crippen molar-refractivity contribution >= 4 is 41.4 Å². The molecule has 0 spiro atoms. The largest absolute Gasteiger partial charge is 0.426 e. The van der Waals surface area contributed by atoms with Crippen LogP contribution in [-0.2, 0) is 9.53 Å². The number of nitrogens with two attached hydrogens (primary N) is 1. The molecule has 0 aromatic carbocycles. The second-order valence-corrected chi connectivity index (χ2v) is 8.08. The molecule has 1 aliphatic heterocycles. The van der Waals surface area contributed by atoms with Crippen LogP contribution in [-0.4, -0.2) is 46.9 Å². The van der Waals surface area contributed by atoms with E-state index in [0.29, 0.717) is 40.4 Å². The first-order valence-corrected chi connectivity index (χ1v) is 11.3. The van der Waals surface area contributed by atoms with E-state index in [2.05, 4.69) is 15.0 Å². The molecule has 10 heteroatoms. The highest BCUT2D eigenvalue weighted by Crippen LogP contribution is 2.45. The number of fused-ring (bicyclic) bond motifs is 2. The lowest BCUT2D eigenvalue weighted by Gasteiger charge is -2.25. The van der Waals surface area contributed by atoms with E-state index in [4.69, 9.17) is 10.5 Å². The van der Waals surface area contributed by atoms with Gasteiger partial charge in [-0.1, -0.05) is 13.0 Å². The first-order chi connectivity index (χ1) is 16.9. The molecule has 2 aliphatic rings. The number of primary amides is 1. The molecule has 1 aliphatic carbocycles. The van der Waals surface area contributed by atoms with E-state index in [9.17, 15) is 14.4 Å². The molecular weight excluding hydrogens is 448 g/mol. The maximum atomic E-state index is 13.5. The average molecular weight is 475 g/mol. The average Bonchev–Trinajstić information content (AvgIpc) is 3.68. The summed E-state index contributed by atoms with van der Waals surface area (Å²) in [6.45, 7) is 3.38. The SMILES string of the molecule is CC\C=C(/C=C\C=N\COC(=O)N1C(=O)c2cccnc2N(C2CC2)c2nccc(C)c21)C(N)=O. The summed E-state index contributed by atoms with van der Waals surface area (Å²) in [7, 11) is 0. The van der Waals surface area contributed by atoms with Gasteiger partial charge in [0.05, 0.1) is 5.56 Å². The molecule has 3 amide bonds. The molecule has 180 valence electrons. The Balaban J connectivity index is 1.59. The molecule has 4 rings (SSSR count). The number of carbonyl (C=O) groups is 3. The van der Waals surface area contributed by atoms with Gasteiger partial charge in [0.25, 0.3) is 5.91 Å².